The van der Waals surface area contributed by atoms with Crippen LogP contribution in [0.15, 0.2) is 0 Å². The second kappa shape index (κ2) is 4.04. The molecule has 1 rings (SSSR count). The van der Waals surface area contributed by atoms with E-state index in [-0.39, 0.29) is 0 Å². The number of hydrogen-bond acceptors (Lipinski definition) is 3. The summed E-state index contributed by atoms with van der Waals surface area (Å²) < 4.78 is 0. The van der Waals surface area contributed by atoms with Crippen LogP contribution in [0.25, 0.3) is 0 Å². The lowest BCUT2D eigenvalue weighted by Crippen LogP contribution is -2.37. The van der Waals surface area contributed by atoms with Gasteiger partial charge in [-0.15, -0.1) is 0 Å². The van der Waals surface area contributed by atoms with Gasteiger partial charge in [-0.25, -0.2) is 0 Å². The van der Waals surface area contributed by atoms with Crippen molar-refractivity contribution in [1.29, 1.82) is 0 Å². The highest BCUT2D eigenvalue weighted by Gasteiger charge is 2.30. The van der Waals surface area contributed by atoms with Gasteiger partial charge in [0.25, 0.3) is 0 Å². The lowest BCUT2D eigenvalue weighted by Gasteiger charge is -2.21. The minimum Gasteiger partial charge on any atom is -0.388 e. The summed E-state index contributed by atoms with van der Waals surface area (Å²) in [7, 11) is 0. The van der Waals surface area contributed by atoms with Crippen molar-refractivity contribution >= 4 is 0 Å². The summed E-state index contributed by atoms with van der Waals surface area (Å²) in [6, 6.07) is 0. The molecule has 0 bridgehead atoms. The fourth-order valence-electron chi connectivity index (χ4n) is 1.50. The summed E-state index contributed by atoms with van der Waals surface area (Å²) in [6.45, 7) is 3.14. The smallest absolute Gasteiger partial charge is 0.0794 e. The van der Waals surface area contributed by atoms with Crippen molar-refractivity contribution in [2.75, 3.05) is 13.2 Å². The van der Waals surface area contributed by atoms with Gasteiger partial charge in [0.15, 0.2) is 0 Å². The summed E-state index contributed by atoms with van der Waals surface area (Å²) in [5.74, 6) is 0. The fraction of sp³-hybridized carbons (Fsp3) is 1.00. The van der Waals surface area contributed by atoms with Gasteiger partial charge < -0.3 is 9.94 Å². The van der Waals surface area contributed by atoms with Gasteiger partial charge in [-0.2, -0.15) is 5.48 Å². The van der Waals surface area contributed by atoms with Crippen molar-refractivity contribution < 1.29 is 9.94 Å². The van der Waals surface area contributed by atoms with Crippen LogP contribution in [0.5, 0.6) is 0 Å². The van der Waals surface area contributed by atoms with Crippen LogP contribution < -0.4 is 5.48 Å². The van der Waals surface area contributed by atoms with Crippen LogP contribution >= 0.6 is 0 Å². The van der Waals surface area contributed by atoms with Crippen LogP contribution in [0.3, 0.4) is 0 Å². The summed E-state index contributed by atoms with van der Waals surface area (Å²) in [5, 5.41) is 9.78. The number of nitrogens with one attached hydrogen (secondary N) is 1. The maximum atomic E-state index is 9.78. The summed E-state index contributed by atoms with van der Waals surface area (Å²) >= 11 is 0. The molecule has 0 heterocycles. The molecule has 0 aromatic heterocycles. The van der Waals surface area contributed by atoms with Gasteiger partial charge in [-0.05, 0) is 19.8 Å². The molecule has 1 fully saturated rings. The van der Waals surface area contributed by atoms with Crippen molar-refractivity contribution in [1.82, 2.24) is 5.48 Å². The SMILES string of the molecule is CCONCC1(O)CCCC1. The van der Waals surface area contributed by atoms with E-state index in [0.717, 1.165) is 25.7 Å². The minimum absolute atomic E-state index is 0.491. The molecule has 2 N–H and O–H groups in total. The maximum absolute atomic E-state index is 9.78. The molecule has 0 aromatic carbocycles. The highest BCUT2D eigenvalue weighted by Crippen LogP contribution is 2.28. The molecule has 1 aliphatic rings. The Hall–Kier alpha value is -0.120. The molecule has 0 atom stereocenters. The predicted molar refractivity (Wildman–Crippen MR) is 43.0 cm³/mol. The van der Waals surface area contributed by atoms with Crippen LogP contribution in [0.4, 0.5) is 0 Å². The second-order valence-electron chi connectivity index (χ2n) is 3.19. The summed E-state index contributed by atoms with van der Waals surface area (Å²) in [6.07, 6.45) is 4.11. The minimum atomic E-state index is -0.491. The molecule has 3 heteroatoms. The molecular weight excluding hydrogens is 142 g/mol. The van der Waals surface area contributed by atoms with Gasteiger partial charge in [0.05, 0.1) is 12.2 Å². The Balaban J connectivity index is 2.13. The van der Waals surface area contributed by atoms with E-state index in [1.807, 2.05) is 6.92 Å². The monoisotopic (exact) mass is 159 g/mol. The van der Waals surface area contributed by atoms with E-state index < -0.39 is 5.60 Å². The molecule has 0 spiro atoms. The van der Waals surface area contributed by atoms with Crippen LogP contribution in [-0.2, 0) is 4.84 Å². The van der Waals surface area contributed by atoms with E-state index in [9.17, 15) is 5.11 Å². The van der Waals surface area contributed by atoms with E-state index in [1.54, 1.807) is 0 Å². The van der Waals surface area contributed by atoms with Crippen LogP contribution in [-0.4, -0.2) is 23.9 Å². The number of rotatable bonds is 4. The van der Waals surface area contributed by atoms with Crippen molar-refractivity contribution in [3.05, 3.63) is 0 Å². The molecule has 1 saturated carbocycles. The Kier molecular flexibility index (Phi) is 3.30. The zero-order valence-corrected chi connectivity index (χ0v) is 7.10. The quantitative estimate of drug-likeness (QED) is 0.471. The van der Waals surface area contributed by atoms with Gasteiger partial charge in [-0.1, -0.05) is 12.8 Å². The molecule has 0 unspecified atom stereocenters. The number of hydroxylamine groups is 1. The molecule has 0 saturated heterocycles. The van der Waals surface area contributed by atoms with Gasteiger partial charge >= 0.3 is 0 Å². The van der Waals surface area contributed by atoms with Crippen LogP contribution in [0, 0.1) is 0 Å². The molecular formula is C8H17NO2. The third-order valence-electron chi connectivity index (χ3n) is 2.18. The zero-order valence-electron chi connectivity index (χ0n) is 7.10. The van der Waals surface area contributed by atoms with E-state index in [1.165, 1.54) is 0 Å². The Morgan fingerprint density at radius 1 is 1.45 bits per heavy atom. The van der Waals surface area contributed by atoms with Crippen LogP contribution in [0.2, 0.25) is 0 Å². The summed E-state index contributed by atoms with van der Waals surface area (Å²) in [4.78, 5) is 4.95. The highest BCUT2D eigenvalue weighted by molar-refractivity contribution is 4.84. The maximum Gasteiger partial charge on any atom is 0.0794 e. The Morgan fingerprint density at radius 3 is 2.64 bits per heavy atom. The van der Waals surface area contributed by atoms with Crippen molar-refractivity contribution in [3.8, 4) is 0 Å². The molecule has 0 aliphatic heterocycles. The van der Waals surface area contributed by atoms with E-state index in [0.29, 0.717) is 13.2 Å². The number of hydrogen-bond donors (Lipinski definition) is 2. The van der Waals surface area contributed by atoms with Crippen LogP contribution in [0.1, 0.15) is 32.6 Å². The molecule has 66 valence electrons. The summed E-state index contributed by atoms with van der Waals surface area (Å²) in [5.41, 5.74) is 2.28. The first-order valence-electron chi connectivity index (χ1n) is 4.34. The highest BCUT2D eigenvalue weighted by atomic mass is 16.6. The lowest BCUT2D eigenvalue weighted by atomic mass is 10.0. The molecule has 0 aromatic rings. The first-order valence-corrected chi connectivity index (χ1v) is 4.34. The zero-order chi connectivity index (χ0) is 8.16. The van der Waals surface area contributed by atoms with Crippen molar-refractivity contribution in [2.45, 2.75) is 38.2 Å². The third kappa shape index (κ3) is 2.77. The molecule has 1 aliphatic carbocycles. The van der Waals surface area contributed by atoms with Crippen molar-refractivity contribution in [2.24, 2.45) is 0 Å². The van der Waals surface area contributed by atoms with E-state index in [2.05, 4.69) is 5.48 Å². The third-order valence-corrected chi connectivity index (χ3v) is 2.18. The number of aliphatic hydroxyl groups is 1. The average Bonchev–Trinajstić information content (AvgIpc) is 2.38. The largest absolute Gasteiger partial charge is 0.388 e. The standard InChI is InChI=1S/C8H17NO2/c1-2-11-9-7-8(10)5-3-4-6-8/h9-10H,2-7H2,1H3. The van der Waals surface area contributed by atoms with Gasteiger partial charge in [-0.3, -0.25) is 0 Å². The average molecular weight is 159 g/mol. The lowest BCUT2D eigenvalue weighted by molar-refractivity contribution is -0.0248. The normalized spacial score (nSPS) is 22.4. The predicted octanol–water partition coefficient (Wildman–Crippen LogP) is 0.833. The van der Waals surface area contributed by atoms with E-state index >= 15 is 0 Å². The first-order chi connectivity index (χ1) is 5.27. The molecule has 3 nitrogen and oxygen atoms in total. The van der Waals surface area contributed by atoms with E-state index in [4.69, 9.17) is 4.84 Å². The fourth-order valence-corrected chi connectivity index (χ4v) is 1.50. The Labute approximate surface area is 67.7 Å². The Bertz CT molecular complexity index is 111. The van der Waals surface area contributed by atoms with Gasteiger partial charge in [0.1, 0.15) is 0 Å². The van der Waals surface area contributed by atoms with Gasteiger partial charge in [0, 0.05) is 6.54 Å². The molecule has 0 radical (unpaired) electrons. The van der Waals surface area contributed by atoms with Gasteiger partial charge in [0.2, 0.25) is 0 Å². The second-order valence-corrected chi connectivity index (χ2v) is 3.19. The molecule has 0 amide bonds. The Morgan fingerprint density at radius 2 is 2.09 bits per heavy atom. The molecule has 11 heavy (non-hydrogen) atoms. The topological polar surface area (TPSA) is 41.5 Å². The van der Waals surface area contributed by atoms with Crippen molar-refractivity contribution in [3.63, 3.8) is 0 Å². The first kappa shape index (κ1) is 8.97.